The third-order valence-corrected chi connectivity index (χ3v) is 1.42. The van der Waals surface area contributed by atoms with Crippen molar-refractivity contribution in [3.05, 3.63) is 41.2 Å². The molecule has 0 atom stereocenters. The van der Waals surface area contributed by atoms with Crippen LogP contribution in [0.2, 0.25) is 0 Å². The minimum Gasteiger partial charge on any atom is -0.392 e. The predicted octanol–water partition coefficient (Wildman–Crippen LogP) is 2.11. The summed E-state index contributed by atoms with van der Waals surface area (Å²) in [5.41, 5.74) is -0.216. The standard InChI is InChI=1S/C9H7F3O/c10-7-4-6(2-1-3-13)9(12)8(11)5-7/h1-2,4-5,13H,3H2. The second-order valence-corrected chi connectivity index (χ2v) is 2.38. The van der Waals surface area contributed by atoms with Gasteiger partial charge in [-0.2, -0.15) is 0 Å². The van der Waals surface area contributed by atoms with Crippen LogP contribution in [0, 0.1) is 17.5 Å². The second kappa shape index (κ2) is 4.09. The first-order valence-corrected chi connectivity index (χ1v) is 3.57. The van der Waals surface area contributed by atoms with E-state index >= 15 is 0 Å². The molecule has 0 spiro atoms. The van der Waals surface area contributed by atoms with Crippen molar-refractivity contribution in [3.8, 4) is 0 Å². The van der Waals surface area contributed by atoms with E-state index in [4.69, 9.17) is 5.11 Å². The van der Waals surface area contributed by atoms with Crippen LogP contribution in [0.4, 0.5) is 13.2 Å². The Labute approximate surface area is 73.1 Å². The smallest absolute Gasteiger partial charge is 0.166 e. The summed E-state index contributed by atoms with van der Waals surface area (Å²) in [6, 6.07) is 1.32. The van der Waals surface area contributed by atoms with Crippen molar-refractivity contribution < 1.29 is 18.3 Å². The van der Waals surface area contributed by atoms with Crippen molar-refractivity contribution in [1.29, 1.82) is 0 Å². The Hall–Kier alpha value is -1.29. The third-order valence-electron chi connectivity index (χ3n) is 1.42. The summed E-state index contributed by atoms with van der Waals surface area (Å²) < 4.78 is 37.9. The number of hydrogen-bond donors (Lipinski definition) is 1. The van der Waals surface area contributed by atoms with Crippen molar-refractivity contribution >= 4 is 6.08 Å². The average molecular weight is 188 g/mol. The van der Waals surface area contributed by atoms with Crippen LogP contribution in [0.5, 0.6) is 0 Å². The van der Waals surface area contributed by atoms with Crippen LogP contribution in [0.15, 0.2) is 18.2 Å². The van der Waals surface area contributed by atoms with Crippen molar-refractivity contribution in [1.82, 2.24) is 0 Å². The maximum Gasteiger partial charge on any atom is 0.166 e. The molecular weight excluding hydrogens is 181 g/mol. The molecule has 1 N–H and O–H groups in total. The molecule has 1 nitrogen and oxygen atoms in total. The first kappa shape index (κ1) is 9.80. The van der Waals surface area contributed by atoms with Crippen LogP contribution in [0.3, 0.4) is 0 Å². The highest BCUT2D eigenvalue weighted by atomic mass is 19.2. The Balaban J connectivity index is 3.12. The lowest BCUT2D eigenvalue weighted by atomic mass is 10.2. The van der Waals surface area contributed by atoms with Crippen molar-refractivity contribution in [2.24, 2.45) is 0 Å². The minimum atomic E-state index is -1.24. The fraction of sp³-hybridized carbons (Fsp3) is 0.111. The summed E-state index contributed by atoms with van der Waals surface area (Å²) in [6.45, 7) is -0.308. The van der Waals surface area contributed by atoms with Gasteiger partial charge in [0.1, 0.15) is 5.82 Å². The molecule has 0 aliphatic heterocycles. The van der Waals surface area contributed by atoms with Gasteiger partial charge in [0.15, 0.2) is 11.6 Å². The van der Waals surface area contributed by atoms with Gasteiger partial charge in [-0.1, -0.05) is 12.2 Å². The lowest BCUT2D eigenvalue weighted by molar-refractivity contribution is 0.343. The van der Waals surface area contributed by atoms with Gasteiger partial charge in [0, 0.05) is 11.6 Å². The Morgan fingerprint density at radius 1 is 1.23 bits per heavy atom. The average Bonchev–Trinajstić information content (AvgIpc) is 2.09. The van der Waals surface area contributed by atoms with Gasteiger partial charge < -0.3 is 5.11 Å². The summed E-state index contributed by atoms with van der Waals surface area (Å²) in [4.78, 5) is 0. The molecule has 0 heterocycles. The molecule has 0 radical (unpaired) electrons. The van der Waals surface area contributed by atoms with E-state index in [-0.39, 0.29) is 12.2 Å². The van der Waals surface area contributed by atoms with Gasteiger partial charge in [-0.05, 0) is 6.07 Å². The highest BCUT2D eigenvalue weighted by Crippen LogP contribution is 2.15. The van der Waals surface area contributed by atoms with Crippen LogP contribution in [0.25, 0.3) is 6.08 Å². The highest BCUT2D eigenvalue weighted by Gasteiger charge is 2.07. The molecule has 1 aromatic rings. The molecule has 0 bridgehead atoms. The third kappa shape index (κ3) is 2.32. The maximum atomic E-state index is 12.8. The number of aliphatic hydroxyl groups excluding tert-OH is 1. The minimum absolute atomic E-state index is 0.216. The van der Waals surface area contributed by atoms with Gasteiger partial charge in [-0.3, -0.25) is 0 Å². The molecular formula is C9H7F3O. The Bertz CT molecular complexity index is 334. The van der Waals surface area contributed by atoms with Crippen LogP contribution in [-0.2, 0) is 0 Å². The Morgan fingerprint density at radius 3 is 2.54 bits per heavy atom. The highest BCUT2D eigenvalue weighted by molar-refractivity contribution is 5.50. The number of rotatable bonds is 2. The van der Waals surface area contributed by atoms with E-state index in [0.29, 0.717) is 6.07 Å². The van der Waals surface area contributed by atoms with Crippen LogP contribution in [0.1, 0.15) is 5.56 Å². The number of hydrogen-bond acceptors (Lipinski definition) is 1. The van der Waals surface area contributed by atoms with Gasteiger partial charge in [-0.15, -0.1) is 0 Å². The van der Waals surface area contributed by atoms with E-state index in [1.54, 1.807) is 0 Å². The molecule has 0 aliphatic carbocycles. The summed E-state index contributed by atoms with van der Waals surface area (Å²) in [6.07, 6.45) is 2.30. The SMILES string of the molecule is OCC=Cc1cc(F)cc(F)c1F. The zero-order valence-corrected chi connectivity index (χ0v) is 6.60. The fourth-order valence-corrected chi connectivity index (χ4v) is 0.877. The molecule has 0 saturated carbocycles. The van der Waals surface area contributed by atoms with E-state index in [1.807, 2.05) is 0 Å². The number of benzene rings is 1. The largest absolute Gasteiger partial charge is 0.392 e. The summed E-state index contributed by atoms with van der Waals surface area (Å²) in [5.74, 6) is -3.21. The molecule has 0 fully saturated rings. The summed E-state index contributed by atoms with van der Waals surface area (Å²) >= 11 is 0. The Morgan fingerprint density at radius 2 is 1.92 bits per heavy atom. The lowest BCUT2D eigenvalue weighted by Gasteiger charge is -1.98. The molecule has 70 valence electrons. The predicted molar refractivity (Wildman–Crippen MR) is 42.4 cm³/mol. The van der Waals surface area contributed by atoms with E-state index < -0.39 is 17.5 Å². The van der Waals surface area contributed by atoms with Crippen LogP contribution < -0.4 is 0 Å². The van der Waals surface area contributed by atoms with E-state index in [1.165, 1.54) is 6.08 Å². The van der Waals surface area contributed by atoms with E-state index in [9.17, 15) is 13.2 Å². The normalized spacial score (nSPS) is 11.1. The first-order valence-electron chi connectivity index (χ1n) is 3.57. The molecule has 0 saturated heterocycles. The first-order chi connectivity index (χ1) is 6.15. The van der Waals surface area contributed by atoms with Crippen LogP contribution in [-0.4, -0.2) is 11.7 Å². The van der Waals surface area contributed by atoms with Gasteiger partial charge in [0.25, 0.3) is 0 Å². The second-order valence-electron chi connectivity index (χ2n) is 2.38. The lowest BCUT2D eigenvalue weighted by Crippen LogP contribution is -1.91. The molecule has 1 aromatic carbocycles. The van der Waals surface area contributed by atoms with Crippen molar-refractivity contribution in [2.75, 3.05) is 6.61 Å². The fourth-order valence-electron chi connectivity index (χ4n) is 0.877. The summed E-state index contributed by atoms with van der Waals surface area (Å²) in [7, 11) is 0. The Kier molecular flexibility index (Phi) is 3.08. The molecule has 4 heteroatoms. The van der Waals surface area contributed by atoms with E-state index in [2.05, 4.69) is 0 Å². The maximum absolute atomic E-state index is 12.8. The zero-order chi connectivity index (χ0) is 9.84. The molecule has 0 unspecified atom stereocenters. The van der Waals surface area contributed by atoms with Gasteiger partial charge in [0.05, 0.1) is 6.61 Å². The number of aliphatic hydroxyl groups is 1. The van der Waals surface area contributed by atoms with E-state index in [0.717, 1.165) is 12.1 Å². The monoisotopic (exact) mass is 188 g/mol. The topological polar surface area (TPSA) is 20.2 Å². The summed E-state index contributed by atoms with van der Waals surface area (Å²) in [5, 5.41) is 8.36. The van der Waals surface area contributed by atoms with Crippen LogP contribution >= 0.6 is 0 Å². The molecule has 13 heavy (non-hydrogen) atoms. The quantitative estimate of drug-likeness (QED) is 0.704. The number of halogens is 3. The zero-order valence-electron chi connectivity index (χ0n) is 6.60. The molecule has 0 aliphatic rings. The van der Waals surface area contributed by atoms with Gasteiger partial charge >= 0.3 is 0 Å². The van der Waals surface area contributed by atoms with Crippen molar-refractivity contribution in [3.63, 3.8) is 0 Å². The molecule has 0 aromatic heterocycles. The molecule has 0 amide bonds. The van der Waals surface area contributed by atoms with Gasteiger partial charge in [0.2, 0.25) is 0 Å². The van der Waals surface area contributed by atoms with Crippen molar-refractivity contribution in [2.45, 2.75) is 0 Å². The molecule has 1 rings (SSSR count). The van der Waals surface area contributed by atoms with Gasteiger partial charge in [-0.25, -0.2) is 13.2 Å².